The summed E-state index contributed by atoms with van der Waals surface area (Å²) in [6.45, 7) is 9.06. The minimum atomic E-state index is -0.584. The SMILES string of the molecule is CCCCCCCCCCCCCCCCCCCOC(=O)C(COCCCCCCCCCCCCCCCC)OCCCCCCCCCCCCCCCC. The monoisotopic (exact) mass is 821 g/mol. The Bertz CT molecular complexity index is 741. The molecule has 0 aliphatic heterocycles. The Kier molecular flexibility index (Phi) is 52.0. The molecule has 58 heavy (non-hydrogen) atoms. The minimum absolute atomic E-state index is 0.220. The number of hydrogen-bond donors (Lipinski definition) is 0. The zero-order valence-corrected chi connectivity index (χ0v) is 40.4. The molecule has 0 radical (unpaired) electrons. The maximum Gasteiger partial charge on any atom is 0.337 e. The van der Waals surface area contributed by atoms with Crippen LogP contribution in [-0.4, -0.2) is 38.5 Å². The van der Waals surface area contributed by atoms with Gasteiger partial charge < -0.3 is 14.2 Å². The first-order valence-corrected chi connectivity index (χ1v) is 27.1. The molecule has 0 spiro atoms. The largest absolute Gasteiger partial charge is 0.464 e. The lowest BCUT2D eigenvalue weighted by Gasteiger charge is -2.17. The lowest BCUT2D eigenvalue weighted by molar-refractivity contribution is -0.161. The van der Waals surface area contributed by atoms with E-state index < -0.39 is 6.10 Å². The highest BCUT2D eigenvalue weighted by Crippen LogP contribution is 2.17. The van der Waals surface area contributed by atoms with Crippen LogP contribution in [0.1, 0.15) is 310 Å². The Morgan fingerprint density at radius 2 is 0.517 bits per heavy atom. The van der Waals surface area contributed by atoms with Gasteiger partial charge in [0.25, 0.3) is 0 Å². The smallest absolute Gasteiger partial charge is 0.337 e. The maximum absolute atomic E-state index is 13.1. The van der Waals surface area contributed by atoms with E-state index in [-0.39, 0.29) is 5.97 Å². The summed E-state index contributed by atoms with van der Waals surface area (Å²) in [5, 5.41) is 0. The fourth-order valence-corrected chi connectivity index (χ4v) is 8.39. The average molecular weight is 821 g/mol. The molecule has 0 fully saturated rings. The Morgan fingerprint density at radius 3 is 0.793 bits per heavy atom. The van der Waals surface area contributed by atoms with Crippen LogP contribution in [0.5, 0.6) is 0 Å². The molecule has 0 aromatic carbocycles. The first-order chi connectivity index (χ1) is 28.8. The van der Waals surface area contributed by atoms with Crippen molar-refractivity contribution in [2.45, 2.75) is 316 Å². The third-order valence-corrected chi connectivity index (χ3v) is 12.5. The molecule has 4 nitrogen and oxygen atoms in total. The Hall–Kier alpha value is -0.610. The summed E-state index contributed by atoms with van der Waals surface area (Å²) < 4.78 is 17.9. The molecule has 0 bridgehead atoms. The van der Waals surface area contributed by atoms with Gasteiger partial charge >= 0.3 is 5.97 Å². The summed E-state index contributed by atoms with van der Waals surface area (Å²) in [6.07, 6.45) is 60.2. The van der Waals surface area contributed by atoms with Crippen molar-refractivity contribution in [3.63, 3.8) is 0 Å². The molecule has 0 aliphatic rings. The van der Waals surface area contributed by atoms with Gasteiger partial charge in [-0.25, -0.2) is 4.79 Å². The van der Waals surface area contributed by atoms with Crippen molar-refractivity contribution in [3.8, 4) is 0 Å². The zero-order chi connectivity index (χ0) is 41.9. The van der Waals surface area contributed by atoms with Crippen molar-refractivity contribution in [2.24, 2.45) is 0 Å². The Morgan fingerprint density at radius 1 is 0.293 bits per heavy atom. The molecule has 0 aliphatic carbocycles. The van der Waals surface area contributed by atoms with Crippen LogP contribution in [0.3, 0.4) is 0 Å². The summed E-state index contributed by atoms with van der Waals surface area (Å²) in [7, 11) is 0. The van der Waals surface area contributed by atoms with Gasteiger partial charge in [0.2, 0.25) is 0 Å². The van der Waals surface area contributed by atoms with Gasteiger partial charge in [-0.05, 0) is 19.3 Å². The van der Waals surface area contributed by atoms with Crippen molar-refractivity contribution in [1.82, 2.24) is 0 Å². The van der Waals surface area contributed by atoms with E-state index in [9.17, 15) is 4.79 Å². The van der Waals surface area contributed by atoms with Gasteiger partial charge in [-0.1, -0.05) is 290 Å². The lowest BCUT2D eigenvalue weighted by atomic mass is 10.0. The van der Waals surface area contributed by atoms with Crippen molar-refractivity contribution >= 4 is 5.97 Å². The second kappa shape index (κ2) is 52.5. The van der Waals surface area contributed by atoms with Gasteiger partial charge in [-0.2, -0.15) is 0 Å². The summed E-state index contributed by atoms with van der Waals surface area (Å²) in [4.78, 5) is 13.1. The summed E-state index contributed by atoms with van der Waals surface area (Å²) in [5.74, 6) is -0.220. The molecule has 1 atom stereocenters. The maximum atomic E-state index is 13.1. The van der Waals surface area contributed by atoms with Gasteiger partial charge in [0, 0.05) is 13.2 Å². The number of unbranched alkanes of at least 4 members (excludes halogenated alkanes) is 42. The van der Waals surface area contributed by atoms with E-state index in [4.69, 9.17) is 14.2 Å². The fourth-order valence-electron chi connectivity index (χ4n) is 8.39. The molecule has 0 N–H and O–H groups in total. The molecular formula is C54H108O4. The van der Waals surface area contributed by atoms with Crippen LogP contribution in [0.15, 0.2) is 0 Å². The first kappa shape index (κ1) is 57.4. The number of carbonyl (C=O) groups is 1. The van der Waals surface area contributed by atoms with Crippen molar-refractivity contribution in [3.05, 3.63) is 0 Å². The van der Waals surface area contributed by atoms with Crippen molar-refractivity contribution in [2.75, 3.05) is 26.4 Å². The molecule has 1 unspecified atom stereocenters. The second-order valence-corrected chi connectivity index (χ2v) is 18.5. The molecule has 0 heterocycles. The zero-order valence-electron chi connectivity index (χ0n) is 40.4. The van der Waals surface area contributed by atoms with E-state index in [1.807, 2.05) is 0 Å². The highest BCUT2D eigenvalue weighted by Gasteiger charge is 2.21. The van der Waals surface area contributed by atoms with E-state index in [0.29, 0.717) is 26.4 Å². The van der Waals surface area contributed by atoms with Crippen molar-refractivity contribution < 1.29 is 19.0 Å². The van der Waals surface area contributed by atoms with Crippen LogP contribution in [-0.2, 0) is 19.0 Å². The van der Waals surface area contributed by atoms with E-state index in [0.717, 1.165) is 25.7 Å². The third-order valence-electron chi connectivity index (χ3n) is 12.5. The normalized spacial score (nSPS) is 12.1. The van der Waals surface area contributed by atoms with E-state index in [2.05, 4.69) is 20.8 Å². The Balaban J connectivity index is 4.06. The van der Waals surface area contributed by atoms with E-state index in [1.54, 1.807) is 0 Å². The minimum Gasteiger partial charge on any atom is -0.464 e. The molecular weight excluding hydrogens is 713 g/mol. The molecule has 0 amide bonds. The Labute approximate surface area is 366 Å². The molecule has 4 heteroatoms. The summed E-state index contributed by atoms with van der Waals surface area (Å²) in [5.41, 5.74) is 0. The number of carbonyl (C=O) groups excluding carboxylic acids is 1. The van der Waals surface area contributed by atoms with Gasteiger partial charge in [-0.3, -0.25) is 0 Å². The molecule has 0 saturated carbocycles. The molecule has 0 rings (SSSR count). The molecule has 0 aromatic rings. The van der Waals surface area contributed by atoms with E-state index >= 15 is 0 Å². The number of esters is 1. The molecule has 0 aromatic heterocycles. The number of rotatable bonds is 52. The summed E-state index contributed by atoms with van der Waals surface area (Å²) in [6, 6.07) is 0. The number of ether oxygens (including phenoxy) is 3. The fraction of sp³-hybridized carbons (Fsp3) is 0.981. The van der Waals surface area contributed by atoms with Crippen LogP contribution >= 0.6 is 0 Å². The lowest BCUT2D eigenvalue weighted by Crippen LogP contribution is -2.32. The van der Waals surface area contributed by atoms with Crippen molar-refractivity contribution in [1.29, 1.82) is 0 Å². The topological polar surface area (TPSA) is 44.8 Å². The predicted molar refractivity (Wildman–Crippen MR) is 256 cm³/mol. The molecule has 348 valence electrons. The summed E-state index contributed by atoms with van der Waals surface area (Å²) >= 11 is 0. The van der Waals surface area contributed by atoms with Crippen LogP contribution in [0.2, 0.25) is 0 Å². The first-order valence-electron chi connectivity index (χ1n) is 27.1. The van der Waals surface area contributed by atoms with Crippen LogP contribution in [0.4, 0.5) is 0 Å². The van der Waals surface area contributed by atoms with Gasteiger partial charge in [0.05, 0.1) is 13.2 Å². The van der Waals surface area contributed by atoms with Crippen LogP contribution < -0.4 is 0 Å². The predicted octanol–water partition coefficient (Wildman–Crippen LogP) is 18.5. The van der Waals surface area contributed by atoms with Crippen LogP contribution in [0, 0.1) is 0 Å². The standard InChI is InChI=1S/C54H108O4/c1-4-7-10-13-16-19-22-25-28-29-30-33-36-39-42-45-48-51-58-54(55)53(57-50-47-44-41-38-35-32-27-24-21-18-15-12-9-6-3)52-56-49-46-43-40-37-34-31-26-23-20-17-14-11-8-5-2/h53H,4-52H2,1-3H3. The second-order valence-electron chi connectivity index (χ2n) is 18.5. The van der Waals surface area contributed by atoms with E-state index in [1.165, 1.54) is 263 Å². The molecule has 0 saturated heterocycles. The average Bonchev–Trinajstić information content (AvgIpc) is 3.23. The highest BCUT2D eigenvalue weighted by molar-refractivity contribution is 5.74. The van der Waals surface area contributed by atoms with Gasteiger partial charge in [-0.15, -0.1) is 0 Å². The highest BCUT2D eigenvalue weighted by atomic mass is 16.6. The third kappa shape index (κ3) is 48.1. The van der Waals surface area contributed by atoms with Gasteiger partial charge in [0.15, 0.2) is 6.10 Å². The van der Waals surface area contributed by atoms with Gasteiger partial charge in [0.1, 0.15) is 0 Å². The number of hydrogen-bond acceptors (Lipinski definition) is 4. The quantitative estimate of drug-likeness (QED) is 0.0453. The van der Waals surface area contributed by atoms with Crippen LogP contribution in [0.25, 0.3) is 0 Å².